The molecule has 1 fully saturated rings. The number of ether oxygens (including phenoxy) is 1. The van der Waals surface area contributed by atoms with Crippen LogP contribution in [0.1, 0.15) is 38.7 Å². The third-order valence-electron chi connectivity index (χ3n) is 4.00. The second kappa shape index (κ2) is 5.70. The van der Waals surface area contributed by atoms with Crippen molar-refractivity contribution < 1.29 is 4.74 Å². The van der Waals surface area contributed by atoms with Gasteiger partial charge in [0.15, 0.2) is 0 Å². The second-order valence-corrected chi connectivity index (χ2v) is 5.81. The average Bonchev–Trinajstić information content (AvgIpc) is 2.34. The summed E-state index contributed by atoms with van der Waals surface area (Å²) in [5.74, 6) is 2.35. The molecule has 2 rings (SSSR count). The summed E-state index contributed by atoms with van der Waals surface area (Å²) >= 11 is 5.06. The Morgan fingerprint density at radius 2 is 1.94 bits per heavy atom. The minimum atomic E-state index is 0.298. The lowest BCUT2D eigenvalue weighted by molar-refractivity contribution is 0.100. The predicted molar refractivity (Wildman–Crippen MR) is 78.9 cm³/mol. The van der Waals surface area contributed by atoms with Crippen LogP contribution in [0, 0.1) is 11.8 Å². The van der Waals surface area contributed by atoms with Crippen molar-refractivity contribution in [2.75, 3.05) is 0 Å². The van der Waals surface area contributed by atoms with Crippen LogP contribution in [0.25, 0.3) is 0 Å². The van der Waals surface area contributed by atoms with Crippen molar-refractivity contribution in [3.8, 4) is 5.75 Å². The summed E-state index contributed by atoms with van der Waals surface area (Å²) in [5, 5.41) is 0. The molecule has 0 spiro atoms. The van der Waals surface area contributed by atoms with Gasteiger partial charge in [-0.15, -0.1) is 0 Å². The molecular weight excluding hydrogens is 242 g/mol. The Hall–Kier alpha value is -1.09. The van der Waals surface area contributed by atoms with Crippen LogP contribution >= 0.6 is 12.2 Å². The zero-order chi connectivity index (χ0) is 13.1. The molecule has 0 heterocycles. The van der Waals surface area contributed by atoms with E-state index in [0.29, 0.717) is 11.1 Å². The molecule has 98 valence electrons. The van der Waals surface area contributed by atoms with Crippen LogP contribution in [0.4, 0.5) is 0 Å². The van der Waals surface area contributed by atoms with E-state index < -0.39 is 0 Å². The fraction of sp³-hybridized carbons (Fsp3) is 0.533. The van der Waals surface area contributed by atoms with Crippen LogP contribution in [0.5, 0.6) is 5.75 Å². The molecule has 0 aromatic heterocycles. The fourth-order valence-corrected chi connectivity index (χ4v) is 2.73. The zero-order valence-electron chi connectivity index (χ0n) is 11.1. The van der Waals surface area contributed by atoms with Gasteiger partial charge in [-0.25, -0.2) is 0 Å². The summed E-state index contributed by atoms with van der Waals surface area (Å²) in [6.07, 6.45) is 3.78. The van der Waals surface area contributed by atoms with Crippen molar-refractivity contribution in [2.24, 2.45) is 17.6 Å². The number of nitrogens with two attached hydrogens (primary N) is 1. The summed E-state index contributed by atoms with van der Waals surface area (Å²) in [4.78, 5) is 0.405. The quantitative estimate of drug-likeness (QED) is 0.847. The summed E-state index contributed by atoms with van der Waals surface area (Å²) in [7, 11) is 0. The van der Waals surface area contributed by atoms with E-state index in [4.69, 9.17) is 22.7 Å². The van der Waals surface area contributed by atoms with E-state index >= 15 is 0 Å². The summed E-state index contributed by atoms with van der Waals surface area (Å²) < 4.78 is 6.10. The van der Waals surface area contributed by atoms with Gasteiger partial charge in [0.1, 0.15) is 10.7 Å². The van der Waals surface area contributed by atoms with Gasteiger partial charge in [0.05, 0.1) is 11.7 Å². The van der Waals surface area contributed by atoms with Gasteiger partial charge in [-0.05, 0) is 43.2 Å². The van der Waals surface area contributed by atoms with Gasteiger partial charge in [0.25, 0.3) is 0 Å². The van der Waals surface area contributed by atoms with Crippen molar-refractivity contribution in [2.45, 2.75) is 39.2 Å². The molecule has 1 aromatic carbocycles. The van der Waals surface area contributed by atoms with Gasteiger partial charge in [-0.2, -0.15) is 0 Å². The molecular formula is C15H21NOS. The molecule has 1 aliphatic rings. The topological polar surface area (TPSA) is 35.2 Å². The molecule has 2 N–H and O–H groups in total. The lowest BCUT2D eigenvalue weighted by atomic mass is 9.80. The maximum atomic E-state index is 6.10. The Bertz CT molecular complexity index is 432. The first-order valence-electron chi connectivity index (χ1n) is 6.63. The monoisotopic (exact) mass is 263 g/mol. The van der Waals surface area contributed by atoms with Crippen LogP contribution in [0.3, 0.4) is 0 Å². The largest absolute Gasteiger partial charge is 0.490 e. The Kier molecular flexibility index (Phi) is 4.23. The SMILES string of the molecule is CC1CCC(Oc2ccccc2C(N)=S)CC1C. The maximum Gasteiger partial charge on any atom is 0.129 e. The normalized spacial score (nSPS) is 27.8. The number of hydrogen-bond donors (Lipinski definition) is 1. The van der Waals surface area contributed by atoms with Gasteiger partial charge in [0.2, 0.25) is 0 Å². The minimum absolute atomic E-state index is 0.298. The third-order valence-corrected chi connectivity index (χ3v) is 4.22. The molecule has 2 nitrogen and oxygen atoms in total. The Morgan fingerprint density at radius 1 is 1.22 bits per heavy atom. The van der Waals surface area contributed by atoms with E-state index in [1.165, 1.54) is 6.42 Å². The highest BCUT2D eigenvalue weighted by Crippen LogP contribution is 2.32. The standard InChI is InChI=1S/C15H21NOS/c1-10-7-8-12(9-11(10)2)17-14-6-4-3-5-13(14)15(16)18/h3-6,10-12H,7-9H2,1-2H3,(H2,16,18). The highest BCUT2D eigenvalue weighted by molar-refractivity contribution is 7.80. The van der Waals surface area contributed by atoms with Gasteiger partial charge < -0.3 is 10.5 Å². The lowest BCUT2D eigenvalue weighted by Crippen LogP contribution is -2.29. The molecule has 1 aliphatic carbocycles. The van der Waals surface area contributed by atoms with Gasteiger partial charge in [-0.1, -0.05) is 38.2 Å². The van der Waals surface area contributed by atoms with E-state index in [9.17, 15) is 0 Å². The van der Waals surface area contributed by atoms with Crippen molar-refractivity contribution in [3.05, 3.63) is 29.8 Å². The number of rotatable bonds is 3. The average molecular weight is 263 g/mol. The van der Waals surface area contributed by atoms with Crippen molar-refractivity contribution in [1.82, 2.24) is 0 Å². The highest BCUT2D eigenvalue weighted by Gasteiger charge is 2.26. The number of para-hydroxylation sites is 1. The van der Waals surface area contributed by atoms with E-state index in [-0.39, 0.29) is 0 Å². The number of benzene rings is 1. The predicted octanol–water partition coefficient (Wildman–Crippen LogP) is 3.52. The van der Waals surface area contributed by atoms with E-state index in [1.807, 2.05) is 24.3 Å². The first-order chi connectivity index (χ1) is 8.58. The molecule has 0 saturated heterocycles. The molecule has 3 unspecified atom stereocenters. The Morgan fingerprint density at radius 3 is 2.61 bits per heavy atom. The zero-order valence-corrected chi connectivity index (χ0v) is 11.9. The molecule has 1 saturated carbocycles. The second-order valence-electron chi connectivity index (χ2n) is 5.37. The molecule has 18 heavy (non-hydrogen) atoms. The number of thiocarbonyl (C=S) groups is 1. The first-order valence-corrected chi connectivity index (χ1v) is 7.04. The molecule has 0 amide bonds. The molecule has 3 atom stereocenters. The fourth-order valence-electron chi connectivity index (χ4n) is 2.56. The Labute approximate surface area is 115 Å². The minimum Gasteiger partial charge on any atom is -0.490 e. The van der Waals surface area contributed by atoms with Crippen LogP contribution in [0.2, 0.25) is 0 Å². The summed E-state index contributed by atoms with van der Waals surface area (Å²) in [5.41, 5.74) is 6.57. The van der Waals surface area contributed by atoms with Gasteiger partial charge in [-0.3, -0.25) is 0 Å². The third kappa shape index (κ3) is 3.02. The summed E-state index contributed by atoms with van der Waals surface area (Å²) in [6, 6.07) is 7.78. The molecule has 1 aromatic rings. The number of hydrogen-bond acceptors (Lipinski definition) is 2. The van der Waals surface area contributed by atoms with Gasteiger partial charge >= 0.3 is 0 Å². The van der Waals surface area contributed by atoms with Crippen LogP contribution in [0.15, 0.2) is 24.3 Å². The Balaban J connectivity index is 2.08. The van der Waals surface area contributed by atoms with Crippen molar-refractivity contribution >= 4 is 17.2 Å². The molecule has 0 aliphatic heterocycles. The molecule has 0 bridgehead atoms. The lowest BCUT2D eigenvalue weighted by Gasteiger charge is -2.32. The van der Waals surface area contributed by atoms with E-state index in [0.717, 1.165) is 36.0 Å². The van der Waals surface area contributed by atoms with Gasteiger partial charge in [0, 0.05) is 0 Å². The summed E-state index contributed by atoms with van der Waals surface area (Å²) in [6.45, 7) is 4.63. The molecule has 0 radical (unpaired) electrons. The highest BCUT2D eigenvalue weighted by atomic mass is 32.1. The molecule has 3 heteroatoms. The van der Waals surface area contributed by atoms with Crippen molar-refractivity contribution in [3.63, 3.8) is 0 Å². The van der Waals surface area contributed by atoms with Crippen molar-refractivity contribution in [1.29, 1.82) is 0 Å². The van der Waals surface area contributed by atoms with E-state index in [2.05, 4.69) is 13.8 Å². The maximum absolute atomic E-state index is 6.10. The smallest absolute Gasteiger partial charge is 0.129 e. The van der Waals surface area contributed by atoms with Crippen LogP contribution < -0.4 is 10.5 Å². The van der Waals surface area contributed by atoms with Crippen LogP contribution in [-0.4, -0.2) is 11.1 Å². The van der Waals surface area contributed by atoms with Crippen LogP contribution in [-0.2, 0) is 0 Å². The van der Waals surface area contributed by atoms with E-state index in [1.54, 1.807) is 0 Å². The first kappa shape index (κ1) is 13.3.